The van der Waals surface area contributed by atoms with Crippen molar-refractivity contribution in [3.63, 3.8) is 0 Å². The Balaban J connectivity index is 2.70. The molecule has 0 amide bonds. The Labute approximate surface area is 101 Å². The van der Waals surface area contributed by atoms with Crippen molar-refractivity contribution in [1.82, 2.24) is 0 Å². The van der Waals surface area contributed by atoms with Crippen LogP contribution >= 0.6 is 11.8 Å². The number of rotatable bonds is 6. The SMILES string of the molecule is CCC(SC(C)CO)C(=O)c1ccccc1. The fourth-order valence-corrected chi connectivity index (χ4v) is 2.55. The van der Waals surface area contributed by atoms with Gasteiger partial charge in [0.1, 0.15) is 0 Å². The van der Waals surface area contributed by atoms with Gasteiger partial charge in [0.25, 0.3) is 0 Å². The van der Waals surface area contributed by atoms with E-state index in [9.17, 15) is 4.79 Å². The highest BCUT2D eigenvalue weighted by Crippen LogP contribution is 2.23. The van der Waals surface area contributed by atoms with Crippen LogP contribution in [0.2, 0.25) is 0 Å². The molecule has 0 aliphatic heterocycles. The molecule has 1 aromatic rings. The number of benzene rings is 1. The highest BCUT2D eigenvalue weighted by atomic mass is 32.2. The molecule has 0 heterocycles. The van der Waals surface area contributed by atoms with Gasteiger partial charge in [0.2, 0.25) is 0 Å². The minimum absolute atomic E-state index is 0.0513. The van der Waals surface area contributed by atoms with Crippen LogP contribution in [0.15, 0.2) is 30.3 Å². The lowest BCUT2D eigenvalue weighted by Crippen LogP contribution is -2.20. The van der Waals surface area contributed by atoms with Crippen molar-refractivity contribution in [1.29, 1.82) is 0 Å². The molecule has 3 heteroatoms. The second-order valence-electron chi connectivity index (χ2n) is 3.76. The molecule has 88 valence electrons. The van der Waals surface area contributed by atoms with Crippen LogP contribution in [0.5, 0.6) is 0 Å². The molecule has 0 aliphatic carbocycles. The van der Waals surface area contributed by atoms with E-state index >= 15 is 0 Å². The van der Waals surface area contributed by atoms with Gasteiger partial charge in [0.15, 0.2) is 5.78 Å². The zero-order valence-corrected chi connectivity index (χ0v) is 10.5. The van der Waals surface area contributed by atoms with Crippen molar-refractivity contribution >= 4 is 17.5 Å². The number of carbonyl (C=O) groups is 1. The van der Waals surface area contributed by atoms with Gasteiger partial charge in [-0.3, -0.25) is 4.79 Å². The van der Waals surface area contributed by atoms with Crippen LogP contribution in [0.25, 0.3) is 0 Å². The molecule has 2 atom stereocenters. The number of ketones is 1. The van der Waals surface area contributed by atoms with Crippen LogP contribution in [0.3, 0.4) is 0 Å². The van der Waals surface area contributed by atoms with Gasteiger partial charge in [-0.2, -0.15) is 0 Å². The Morgan fingerprint density at radius 1 is 1.38 bits per heavy atom. The van der Waals surface area contributed by atoms with E-state index in [1.54, 1.807) is 11.8 Å². The molecule has 0 saturated carbocycles. The van der Waals surface area contributed by atoms with E-state index in [1.807, 2.05) is 44.2 Å². The van der Waals surface area contributed by atoms with Crippen LogP contribution in [-0.2, 0) is 0 Å². The fourth-order valence-electron chi connectivity index (χ4n) is 1.46. The molecule has 0 aliphatic rings. The number of Topliss-reactive ketones (excluding diaryl/α,β-unsaturated/α-hetero) is 1. The number of thioether (sulfide) groups is 1. The molecule has 1 aromatic carbocycles. The van der Waals surface area contributed by atoms with Crippen LogP contribution in [0, 0.1) is 0 Å². The molecule has 0 fully saturated rings. The van der Waals surface area contributed by atoms with Gasteiger partial charge in [0, 0.05) is 10.8 Å². The standard InChI is InChI=1S/C13H18O2S/c1-3-12(16-10(2)9-14)13(15)11-7-5-4-6-8-11/h4-8,10,12,14H,3,9H2,1-2H3. The van der Waals surface area contributed by atoms with Crippen LogP contribution in [0.4, 0.5) is 0 Å². The Hall–Kier alpha value is -0.800. The van der Waals surface area contributed by atoms with Gasteiger partial charge in [0.05, 0.1) is 11.9 Å². The summed E-state index contributed by atoms with van der Waals surface area (Å²) in [5, 5.41) is 9.06. The summed E-state index contributed by atoms with van der Waals surface area (Å²) in [6.45, 7) is 4.05. The maximum absolute atomic E-state index is 12.1. The first-order valence-electron chi connectivity index (χ1n) is 5.54. The van der Waals surface area contributed by atoms with Crippen LogP contribution in [0.1, 0.15) is 30.6 Å². The highest BCUT2D eigenvalue weighted by Gasteiger charge is 2.20. The third-order valence-electron chi connectivity index (χ3n) is 2.38. The summed E-state index contributed by atoms with van der Waals surface area (Å²) in [6.07, 6.45) is 0.794. The predicted molar refractivity (Wildman–Crippen MR) is 69.0 cm³/mol. The van der Waals surface area contributed by atoms with Crippen LogP contribution in [-0.4, -0.2) is 28.0 Å². The molecule has 2 nitrogen and oxygen atoms in total. The lowest BCUT2D eigenvalue weighted by Gasteiger charge is -2.16. The molecular weight excluding hydrogens is 220 g/mol. The molecule has 0 aromatic heterocycles. The molecule has 0 saturated heterocycles. The first-order valence-corrected chi connectivity index (χ1v) is 6.48. The molecule has 0 radical (unpaired) electrons. The summed E-state index contributed by atoms with van der Waals surface area (Å²) in [5.41, 5.74) is 0.756. The number of hydrogen-bond donors (Lipinski definition) is 1. The zero-order chi connectivity index (χ0) is 12.0. The normalized spacial score (nSPS) is 14.4. The van der Waals surface area contributed by atoms with Crippen LogP contribution < -0.4 is 0 Å². The summed E-state index contributed by atoms with van der Waals surface area (Å²) < 4.78 is 0. The smallest absolute Gasteiger partial charge is 0.175 e. The summed E-state index contributed by atoms with van der Waals surface area (Å²) in [5.74, 6) is 0.161. The van der Waals surface area contributed by atoms with Gasteiger partial charge in [-0.1, -0.05) is 44.2 Å². The highest BCUT2D eigenvalue weighted by molar-refractivity contribution is 8.01. The first kappa shape index (κ1) is 13.3. The molecule has 16 heavy (non-hydrogen) atoms. The van der Waals surface area contributed by atoms with Crippen molar-refractivity contribution in [2.24, 2.45) is 0 Å². The van der Waals surface area contributed by atoms with Gasteiger partial charge in [-0.15, -0.1) is 11.8 Å². The predicted octanol–water partition coefficient (Wildman–Crippen LogP) is 2.76. The molecule has 1 rings (SSSR count). The average Bonchev–Trinajstić information content (AvgIpc) is 2.35. The molecule has 0 spiro atoms. The van der Waals surface area contributed by atoms with E-state index in [0.717, 1.165) is 12.0 Å². The maximum Gasteiger partial charge on any atom is 0.175 e. The summed E-state index contributed by atoms with van der Waals surface area (Å²) in [7, 11) is 0. The topological polar surface area (TPSA) is 37.3 Å². The van der Waals surface area contributed by atoms with Gasteiger partial charge >= 0.3 is 0 Å². The van der Waals surface area contributed by atoms with Gasteiger partial charge in [-0.05, 0) is 6.42 Å². The Kier molecular flexibility index (Phi) is 5.56. The number of carbonyl (C=O) groups excluding carboxylic acids is 1. The van der Waals surface area contributed by atoms with Crippen molar-refractivity contribution in [3.8, 4) is 0 Å². The lowest BCUT2D eigenvalue weighted by molar-refractivity contribution is 0.0988. The van der Waals surface area contributed by atoms with E-state index < -0.39 is 0 Å². The second kappa shape index (κ2) is 6.71. The van der Waals surface area contributed by atoms with E-state index in [1.165, 1.54) is 0 Å². The first-order chi connectivity index (χ1) is 7.69. The quantitative estimate of drug-likeness (QED) is 0.774. The minimum Gasteiger partial charge on any atom is -0.395 e. The largest absolute Gasteiger partial charge is 0.395 e. The molecule has 0 bridgehead atoms. The van der Waals surface area contributed by atoms with Crippen molar-refractivity contribution in [2.75, 3.05) is 6.61 Å². The van der Waals surface area contributed by atoms with E-state index in [-0.39, 0.29) is 22.9 Å². The Bertz CT molecular complexity index is 324. The van der Waals surface area contributed by atoms with Gasteiger partial charge in [-0.25, -0.2) is 0 Å². The number of aliphatic hydroxyl groups excluding tert-OH is 1. The van der Waals surface area contributed by atoms with Crippen molar-refractivity contribution in [2.45, 2.75) is 30.8 Å². The Morgan fingerprint density at radius 3 is 2.50 bits per heavy atom. The monoisotopic (exact) mass is 238 g/mol. The van der Waals surface area contributed by atoms with E-state index in [2.05, 4.69) is 0 Å². The lowest BCUT2D eigenvalue weighted by atomic mass is 10.1. The Morgan fingerprint density at radius 2 is 2.00 bits per heavy atom. The molecular formula is C13H18O2S. The molecule has 1 N–H and O–H groups in total. The maximum atomic E-state index is 12.1. The third kappa shape index (κ3) is 3.65. The number of aliphatic hydroxyl groups is 1. The van der Waals surface area contributed by atoms with Crippen molar-refractivity contribution in [3.05, 3.63) is 35.9 Å². The molecule has 2 unspecified atom stereocenters. The van der Waals surface area contributed by atoms with Crippen molar-refractivity contribution < 1.29 is 9.90 Å². The fraction of sp³-hybridized carbons (Fsp3) is 0.462. The number of hydrogen-bond acceptors (Lipinski definition) is 3. The van der Waals surface area contributed by atoms with E-state index in [4.69, 9.17) is 5.11 Å². The third-order valence-corrected chi connectivity index (χ3v) is 3.86. The minimum atomic E-state index is -0.0513. The second-order valence-corrected chi connectivity index (χ2v) is 5.40. The summed E-state index contributed by atoms with van der Waals surface area (Å²) in [4.78, 5) is 12.1. The summed E-state index contributed by atoms with van der Waals surface area (Å²) in [6, 6.07) is 9.34. The summed E-state index contributed by atoms with van der Waals surface area (Å²) >= 11 is 1.55. The average molecular weight is 238 g/mol. The van der Waals surface area contributed by atoms with E-state index in [0.29, 0.717) is 0 Å². The zero-order valence-electron chi connectivity index (χ0n) is 9.72. The van der Waals surface area contributed by atoms with Gasteiger partial charge < -0.3 is 5.11 Å².